The molecule has 0 aliphatic carbocycles. The van der Waals surface area contributed by atoms with E-state index in [0.717, 1.165) is 21.7 Å². The van der Waals surface area contributed by atoms with E-state index in [0.29, 0.717) is 6.54 Å². The van der Waals surface area contributed by atoms with E-state index in [9.17, 15) is 4.79 Å². The third-order valence-corrected chi connectivity index (χ3v) is 2.15. The molecule has 0 atom stereocenters. The minimum atomic E-state index is -0.623. The van der Waals surface area contributed by atoms with Gasteiger partial charge in [0.1, 0.15) is 0 Å². The van der Waals surface area contributed by atoms with Crippen molar-refractivity contribution in [3.05, 3.63) is 34.9 Å². The summed E-state index contributed by atoms with van der Waals surface area (Å²) in [6, 6.07) is 6.00. The van der Waals surface area contributed by atoms with Crippen LogP contribution in [0.15, 0.2) is 18.2 Å². The van der Waals surface area contributed by atoms with Gasteiger partial charge in [-0.1, -0.05) is 35.2 Å². The van der Waals surface area contributed by atoms with Gasteiger partial charge in [0.05, 0.1) is 6.54 Å². The van der Waals surface area contributed by atoms with Crippen LogP contribution < -0.4 is 5.84 Å². The van der Waals surface area contributed by atoms with Crippen molar-refractivity contribution in [1.82, 2.24) is 5.01 Å². The van der Waals surface area contributed by atoms with Crippen molar-refractivity contribution in [3.8, 4) is 12.3 Å². The molecule has 0 heterocycles. The van der Waals surface area contributed by atoms with Crippen LogP contribution in [-0.2, 0) is 11.3 Å². The van der Waals surface area contributed by atoms with E-state index < -0.39 is 6.09 Å². The first-order chi connectivity index (χ1) is 8.02. The standard InChI is InChI=1S/C13H16N2O2/c1-4-5-17-13(16)15(14)9-12-7-10(2)6-11(3)8-12/h1,6-8H,5,9,14H2,2-3H3. The van der Waals surface area contributed by atoms with Gasteiger partial charge in [0.2, 0.25) is 0 Å². The number of ether oxygens (including phenoxy) is 1. The molecule has 0 aliphatic heterocycles. The van der Waals surface area contributed by atoms with Gasteiger partial charge in [0.25, 0.3) is 0 Å². The number of hydrazine groups is 1. The van der Waals surface area contributed by atoms with Crippen LogP contribution in [0.25, 0.3) is 0 Å². The summed E-state index contributed by atoms with van der Waals surface area (Å²) in [5, 5.41) is 1.01. The molecule has 0 aromatic heterocycles. The third-order valence-electron chi connectivity index (χ3n) is 2.15. The fourth-order valence-corrected chi connectivity index (χ4v) is 1.61. The second-order valence-corrected chi connectivity index (χ2v) is 3.88. The van der Waals surface area contributed by atoms with Crippen molar-refractivity contribution >= 4 is 6.09 Å². The van der Waals surface area contributed by atoms with Gasteiger partial charge in [-0.2, -0.15) is 0 Å². The molecule has 90 valence electrons. The van der Waals surface area contributed by atoms with E-state index in [1.54, 1.807) is 0 Å². The highest BCUT2D eigenvalue weighted by Gasteiger charge is 2.10. The number of nitrogens with zero attached hydrogens (tertiary/aromatic N) is 1. The number of amides is 1. The highest BCUT2D eigenvalue weighted by Crippen LogP contribution is 2.10. The molecule has 1 aromatic carbocycles. The number of nitrogens with two attached hydrogens (primary N) is 1. The van der Waals surface area contributed by atoms with Crippen LogP contribution in [0.4, 0.5) is 4.79 Å². The summed E-state index contributed by atoms with van der Waals surface area (Å²) < 4.78 is 4.71. The van der Waals surface area contributed by atoms with E-state index in [4.69, 9.17) is 17.0 Å². The maximum atomic E-state index is 11.4. The Labute approximate surface area is 101 Å². The third kappa shape index (κ3) is 4.17. The number of terminal acetylenes is 1. The van der Waals surface area contributed by atoms with Crippen molar-refractivity contribution in [2.75, 3.05) is 6.61 Å². The maximum Gasteiger partial charge on any atom is 0.425 e. The van der Waals surface area contributed by atoms with E-state index >= 15 is 0 Å². The van der Waals surface area contributed by atoms with Gasteiger partial charge in [-0.05, 0) is 19.4 Å². The quantitative estimate of drug-likeness (QED) is 0.374. The Morgan fingerprint density at radius 1 is 1.41 bits per heavy atom. The zero-order chi connectivity index (χ0) is 12.8. The molecule has 0 spiro atoms. The lowest BCUT2D eigenvalue weighted by Gasteiger charge is -2.16. The van der Waals surface area contributed by atoms with Gasteiger partial charge in [0, 0.05) is 0 Å². The molecule has 0 fully saturated rings. The summed E-state index contributed by atoms with van der Waals surface area (Å²) in [6.07, 6.45) is 4.36. The summed E-state index contributed by atoms with van der Waals surface area (Å²) in [4.78, 5) is 11.4. The van der Waals surface area contributed by atoms with Gasteiger partial charge in [-0.25, -0.2) is 15.6 Å². The van der Waals surface area contributed by atoms with Crippen LogP contribution in [0, 0.1) is 26.2 Å². The van der Waals surface area contributed by atoms with Gasteiger partial charge in [-0.3, -0.25) is 0 Å². The molecule has 1 amide bonds. The fraction of sp³-hybridized carbons (Fsp3) is 0.308. The van der Waals surface area contributed by atoms with Crippen molar-refractivity contribution in [1.29, 1.82) is 0 Å². The molecule has 0 aliphatic rings. The number of carbonyl (C=O) groups excluding carboxylic acids is 1. The zero-order valence-electron chi connectivity index (χ0n) is 10.1. The summed E-state index contributed by atoms with van der Waals surface area (Å²) in [7, 11) is 0. The molecule has 4 nitrogen and oxygen atoms in total. The Hall–Kier alpha value is -1.99. The molecule has 1 aromatic rings. The first-order valence-corrected chi connectivity index (χ1v) is 5.22. The lowest BCUT2D eigenvalue weighted by atomic mass is 10.1. The molecule has 0 radical (unpaired) electrons. The molecular weight excluding hydrogens is 216 g/mol. The van der Waals surface area contributed by atoms with Crippen molar-refractivity contribution in [3.63, 3.8) is 0 Å². The summed E-state index contributed by atoms with van der Waals surface area (Å²) in [5.74, 6) is 7.79. The van der Waals surface area contributed by atoms with Gasteiger partial charge < -0.3 is 4.74 Å². The van der Waals surface area contributed by atoms with Gasteiger partial charge in [-0.15, -0.1) is 6.42 Å². The molecule has 4 heteroatoms. The number of hydrogen-bond acceptors (Lipinski definition) is 3. The minimum Gasteiger partial charge on any atom is -0.435 e. The highest BCUT2D eigenvalue weighted by atomic mass is 16.6. The SMILES string of the molecule is C#CCOC(=O)N(N)Cc1cc(C)cc(C)c1. The lowest BCUT2D eigenvalue weighted by molar-refractivity contribution is 0.111. The van der Waals surface area contributed by atoms with Gasteiger partial charge >= 0.3 is 6.09 Å². The lowest BCUT2D eigenvalue weighted by Crippen LogP contribution is -2.37. The molecule has 0 saturated carbocycles. The first-order valence-electron chi connectivity index (χ1n) is 5.22. The average molecular weight is 232 g/mol. The smallest absolute Gasteiger partial charge is 0.425 e. The topological polar surface area (TPSA) is 55.6 Å². The molecule has 17 heavy (non-hydrogen) atoms. The predicted octanol–water partition coefficient (Wildman–Crippen LogP) is 1.75. The van der Waals surface area contributed by atoms with Crippen LogP contribution in [0.1, 0.15) is 16.7 Å². The fourth-order valence-electron chi connectivity index (χ4n) is 1.61. The van der Waals surface area contributed by atoms with E-state index in [1.165, 1.54) is 0 Å². The number of carbonyl (C=O) groups is 1. The van der Waals surface area contributed by atoms with Crippen molar-refractivity contribution in [2.45, 2.75) is 20.4 Å². The predicted molar refractivity (Wildman–Crippen MR) is 65.8 cm³/mol. The summed E-state index contributed by atoms with van der Waals surface area (Å²) in [6.45, 7) is 4.22. The zero-order valence-corrected chi connectivity index (χ0v) is 10.1. The first kappa shape index (κ1) is 13.1. The molecule has 0 bridgehead atoms. The normalized spacial score (nSPS) is 9.53. The van der Waals surface area contributed by atoms with E-state index in [2.05, 4.69) is 12.0 Å². The largest absolute Gasteiger partial charge is 0.435 e. The molecule has 1 rings (SSSR count). The Balaban J connectivity index is 2.64. The Bertz CT molecular complexity index is 429. The minimum absolute atomic E-state index is 0.0701. The second kappa shape index (κ2) is 5.92. The Morgan fingerprint density at radius 2 is 2.00 bits per heavy atom. The van der Waals surface area contributed by atoms with Crippen LogP contribution >= 0.6 is 0 Å². The van der Waals surface area contributed by atoms with Crippen LogP contribution in [-0.4, -0.2) is 17.7 Å². The van der Waals surface area contributed by atoms with Gasteiger partial charge in [0.15, 0.2) is 6.61 Å². The Morgan fingerprint density at radius 3 is 2.53 bits per heavy atom. The number of benzene rings is 1. The summed E-state index contributed by atoms with van der Waals surface area (Å²) >= 11 is 0. The van der Waals surface area contributed by atoms with Crippen molar-refractivity contribution in [2.24, 2.45) is 5.84 Å². The average Bonchev–Trinajstić information content (AvgIpc) is 2.24. The molecular formula is C13H16N2O2. The van der Waals surface area contributed by atoms with Crippen LogP contribution in [0.3, 0.4) is 0 Å². The molecule has 0 unspecified atom stereocenters. The van der Waals surface area contributed by atoms with Crippen molar-refractivity contribution < 1.29 is 9.53 Å². The Kier molecular flexibility index (Phi) is 4.56. The van der Waals surface area contributed by atoms with Crippen LogP contribution in [0.5, 0.6) is 0 Å². The number of hydrogen-bond donors (Lipinski definition) is 1. The highest BCUT2D eigenvalue weighted by molar-refractivity contribution is 5.67. The second-order valence-electron chi connectivity index (χ2n) is 3.88. The summed E-state index contributed by atoms with van der Waals surface area (Å²) in [5.41, 5.74) is 3.22. The van der Waals surface area contributed by atoms with E-state index in [1.807, 2.05) is 26.0 Å². The van der Waals surface area contributed by atoms with E-state index in [-0.39, 0.29) is 6.61 Å². The number of aryl methyl sites for hydroxylation is 2. The monoisotopic (exact) mass is 232 g/mol. The van der Waals surface area contributed by atoms with Crippen LogP contribution in [0.2, 0.25) is 0 Å². The molecule has 2 N–H and O–H groups in total. The molecule has 0 saturated heterocycles. The number of rotatable bonds is 3. The maximum absolute atomic E-state index is 11.4.